The van der Waals surface area contributed by atoms with Crippen molar-refractivity contribution in [1.29, 1.82) is 0 Å². The summed E-state index contributed by atoms with van der Waals surface area (Å²) in [5, 5.41) is 14.0. The minimum atomic E-state index is 0.534. The molecule has 0 bridgehead atoms. The highest BCUT2D eigenvalue weighted by molar-refractivity contribution is 7.98. The molecule has 1 aliphatic rings. The van der Waals surface area contributed by atoms with E-state index in [1.807, 2.05) is 48.5 Å². The summed E-state index contributed by atoms with van der Waals surface area (Å²) in [4.78, 5) is 7.00. The summed E-state index contributed by atoms with van der Waals surface area (Å²) in [6.45, 7) is 3.05. The maximum absolute atomic E-state index is 5.44. The molecule has 1 fully saturated rings. The molecule has 7 nitrogen and oxygen atoms in total. The van der Waals surface area contributed by atoms with Crippen LogP contribution in [-0.2, 0) is 12.3 Å². The number of thioether (sulfide) groups is 1. The van der Waals surface area contributed by atoms with Crippen LogP contribution in [-0.4, -0.2) is 42.9 Å². The monoisotopic (exact) mass is 432 g/mol. The van der Waals surface area contributed by atoms with Gasteiger partial charge in [-0.2, -0.15) is 4.98 Å². The number of rotatable bonds is 7. The van der Waals surface area contributed by atoms with Crippen LogP contribution in [0.4, 0.5) is 0 Å². The summed E-state index contributed by atoms with van der Waals surface area (Å²) >= 11 is 1.57. The lowest BCUT2D eigenvalue weighted by atomic mass is 10.1. The molecule has 0 radical (unpaired) electrons. The van der Waals surface area contributed by atoms with E-state index < -0.39 is 0 Å². The van der Waals surface area contributed by atoms with Crippen LogP contribution in [0, 0.1) is 0 Å². The standard InChI is InChI=1S/C23H24N6OS/c1-4-10-18(11-5-1)22-24-20(27-30-22)17-31-23-26-25-21(16-28-14-8-3-9-15-28)29(23)19-12-6-2-7-13-19/h1-2,4-7,10-13H,3,8-9,14-17H2. The normalized spacial score (nSPS) is 14.7. The predicted molar refractivity (Wildman–Crippen MR) is 120 cm³/mol. The maximum Gasteiger partial charge on any atom is 0.257 e. The Morgan fingerprint density at radius 3 is 2.39 bits per heavy atom. The molecule has 2 aromatic carbocycles. The van der Waals surface area contributed by atoms with Gasteiger partial charge in [-0.1, -0.05) is 59.7 Å². The molecular formula is C23H24N6OS. The summed E-state index contributed by atoms with van der Waals surface area (Å²) in [6.07, 6.45) is 3.82. The largest absolute Gasteiger partial charge is 0.334 e. The Labute approximate surface area is 185 Å². The lowest BCUT2D eigenvalue weighted by Gasteiger charge is -2.26. The van der Waals surface area contributed by atoms with Gasteiger partial charge < -0.3 is 4.52 Å². The first-order chi connectivity index (χ1) is 15.4. The Balaban J connectivity index is 1.36. The molecule has 4 aromatic rings. The number of hydrogen-bond donors (Lipinski definition) is 0. The van der Waals surface area contributed by atoms with E-state index >= 15 is 0 Å². The number of likely N-dealkylation sites (tertiary alicyclic amines) is 1. The first-order valence-corrected chi connectivity index (χ1v) is 11.6. The summed E-state index contributed by atoms with van der Waals surface area (Å²) in [5.41, 5.74) is 1.99. The summed E-state index contributed by atoms with van der Waals surface area (Å²) in [6, 6.07) is 20.1. The van der Waals surface area contributed by atoms with Crippen molar-refractivity contribution < 1.29 is 4.52 Å². The minimum absolute atomic E-state index is 0.534. The molecule has 2 aromatic heterocycles. The van der Waals surface area contributed by atoms with Crippen LogP contribution in [0.2, 0.25) is 0 Å². The van der Waals surface area contributed by atoms with Gasteiger partial charge in [0.2, 0.25) is 0 Å². The minimum Gasteiger partial charge on any atom is -0.334 e. The Kier molecular flexibility index (Phi) is 6.08. The Morgan fingerprint density at radius 2 is 1.61 bits per heavy atom. The molecule has 0 atom stereocenters. The van der Waals surface area contributed by atoms with Gasteiger partial charge in [-0.15, -0.1) is 10.2 Å². The van der Waals surface area contributed by atoms with Gasteiger partial charge in [0, 0.05) is 11.3 Å². The molecular weight excluding hydrogens is 408 g/mol. The zero-order valence-electron chi connectivity index (χ0n) is 17.2. The third kappa shape index (κ3) is 4.70. The number of benzene rings is 2. The van der Waals surface area contributed by atoms with Crippen molar-refractivity contribution in [3.05, 3.63) is 72.3 Å². The van der Waals surface area contributed by atoms with Gasteiger partial charge in [0.15, 0.2) is 16.8 Å². The lowest BCUT2D eigenvalue weighted by molar-refractivity contribution is 0.214. The smallest absolute Gasteiger partial charge is 0.257 e. The molecule has 31 heavy (non-hydrogen) atoms. The number of nitrogens with zero attached hydrogens (tertiary/aromatic N) is 6. The van der Waals surface area contributed by atoms with Gasteiger partial charge >= 0.3 is 0 Å². The molecule has 1 aliphatic heterocycles. The second-order valence-electron chi connectivity index (χ2n) is 7.58. The van der Waals surface area contributed by atoms with Crippen molar-refractivity contribution in [2.24, 2.45) is 0 Å². The average molecular weight is 433 g/mol. The fourth-order valence-electron chi connectivity index (χ4n) is 3.79. The highest BCUT2D eigenvalue weighted by Gasteiger charge is 2.19. The summed E-state index contributed by atoms with van der Waals surface area (Å²) < 4.78 is 7.59. The van der Waals surface area contributed by atoms with Gasteiger partial charge in [-0.05, 0) is 50.2 Å². The second kappa shape index (κ2) is 9.45. The van der Waals surface area contributed by atoms with E-state index in [0.29, 0.717) is 17.5 Å². The third-order valence-corrected chi connectivity index (χ3v) is 6.27. The van der Waals surface area contributed by atoms with Gasteiger partial charge in [-0.25, -0.2) is 0 Å². The zero-order valence-corrected chi connectivity index (χ0v) is 18.0. The molecule has 5 rings (SSSR count). The van der Waals surface area contributed by atoms with Gasteiger partial charge in [0.25, 0.3) is 5.89 Å². The van der Waals surface area contributed by atoms with Crippen LogP contribution >= 0.6 is 11.8 Å². The lowest BCUT2D eigenvalue weighted by Crippen LogP contribution is -2.30. The summed E-state index contributed by atoms with van der Waals surface area (Å²) in [5.74, 6) is 2.70. The average Bonchev–Trinajstić information content (AvgIpc) is 3.47. The third-order valence-electron chi connectivity index (χ3n) is 5.35. The van der Waals surface area contributed by atoms with Crippen LogP contribution in [0.15, 0.2) is 70.3 Å². The predicted octanol–water partition coefficient (Wildman–Crippen LogP) is 4.60. The molecule has 8 heteroatoms. The van der Waals surface area contributed by atoms with E-state index in [1.165, 1.54) is 19.3 Å². The Morgan fingerprint density at radius 1 is 0.871 bits per heavy atom. The van der Waals surface area contributed by atoms with Gasteiger partial charge in [-0.3, -0.25) is 9.47 Å². The maximum atomic E-state index is 5.44. The zero-order chi connectivity index (χ0) is 20.9. The van der Waals surface area contributed by atoms with E-state index in [4.69, 9.17) is 4.52 Å². The van der Waals surface area contributed by atoms with Gasteiger partial charge in [0.05, 0.1) is 12.3 Å². The van der Waals surface area contributed by atoms with Crippen molar-refractivity contribution in [2.75, 3.05) is 13.1 Å². The fourth-order valence-corrected chi connectivity index (χ4v) is 4.60. The molecule has 0 saturated carbocycles. The Bertz CT molecular complexity index is 1110. The molecule has 3 heterocycles. The molecule has 0 N–H and O–H groups in total. The quantitative estimate of drug-likeness (QED) is 0.395. The first kappa shape index (κ1) is 20.0. The van der Waals surface area contributed by atoms with Gasteiger partial charge in [0.1, 0.15) is 0 Å². The van der Waals surface area contributed by atoms with E-state index in [0.717, 1.165) is 41.9 Å². The highest BCUT2D eigenvalue weighted by Crippen LogP contribution is 2.26. The van der Waals surface area contributed by atoms with E-state index in [-0.39, 0.29) is 0 Å². The summed E-state index contributed by atoms with van der Waals surface area (Å²) in [7, 11) is 0. The van der Waals surface area contributed by atoms with Crippen LogP contribution in [0.1, 0.15) is 30.9 Å². The molecule has 0 amide bonds. The number of piperidine rings is 1. The number of aromatic nitrogens is 5. The molecule has 1 saturated heterocycles. The van der Waals surface area contributed by atoms with Crippen molar-refractivity contribution in [1.82, 2.24) is 29.8 Å². The van der Waals surface area contributed by atoms with Crippen molar-refractivity contribution in [3.8, 4) is 17.1 Å². The second-order valence-corrected chi connectivity index (χ2v) is 8.52. The number of para-hydroxylation sites is 1. The Hall–Kier alpha value is -2.97. The van der Waals surface area contributed by atoms with Crippen LogP contribution in [0.25, 0.3) is 17.1 Å². The molecule has 158 valence electrons. The van der Waals surface area contributed by atoms with E-state index in [1.54, 1.807) is 11.8 Å². The van der Waals surface area contributed by atoms with Crippen LogP contribution < -0.4 is 0 Å². The van der Waals surface area contributed by atoms with Crippen molar-refractivity contribution in [2.45, 2.75) is 36.7 Å². The number of hydrogen-bond acceptors (Lipinski definition) is 7. The topological polar surface area (TPSA) is 72.9 Å². The highest BCUT2D eigenvalue weighted by atomic mass is 32.2. The first-order valence-electron chi connectivity index (χ1n) is 10.6. The van der Waals surface area contributed by atoms with E-state index in [9.17, 15) is 0 Å². The van der Waals surface area contributed by atoms with Crippen molar-refractivity contribution in [3.63, 3.8) is 0 Å². The molecule has 0 spiro atoms. The SMILES string of the molecule is c1ccc(-c2nc(CSc3nnc(CN4CCCCC4)n3-c3ccccc3)no2)cc1. The fraction of sp³-hybridized carbons (Fsp3) is 0.304. The van der Waals surface area contributed by atoms with E-state index in [2.05, 4.69) is 41.9 Å². The molecule has 0 unspecified atom stereocenters. The van der Waals surface area contributed by atoms with Crippen LogP contribution in [0.3, 0.4) is 0 Å². The van der Waals surface area contributed by atoms with Crippen LogP contribution in [0.5, 0.6) is 0 Å². The van der Waals surface area contributed by atoms with Crippen molar-refractivity contribution >= 4 is 11.8 Å². The molecule has 0 aliphatic carbocycles.